The number of carbonyl (C=O) groups excluding carboxylic acids is 3. The summed E-state index contributed by atoms with van der Waals surface area (Å²) in [6.07, 6.45) is 1.10. The molecule has 6 nitrogen and oxygen atoms in total. The minimum absolute atomic E-state index is 0.0411. The largest absolute Gasteiger partial charge is 0.459 e. The summed E-state index contributed by atoms with van der Waals surface area (Å²) in [5.41, 5.74) is 1.03. The van der Waals surface area contributed by atoms with Crippen LogP contribution in [0.3, 0.4) is 0 Å². The van der Waals surface area contributed by atoms with Gasteiger partial charge in [-0.3, -0.25) is 9.59 Å². The van der Waals surface area contributed by atoms with Gasteiger partial charge in [0.15, 0.2) is 0 Å². The van der Waals surface area contributed by atoms with Crippen LogP contribution in [0.5, 0.6) is 0 Å². The molecule has 0 radical (unpaired) electrons. The average molecular weight is 362 g/mol. The first-order chi connectivity index (χ1) is 11.8. The van der Waals surface area contributed by atoms with Gasteiger partial charge in [0.25, 0.3) is 0 Å². The van der Waals surface area contributed by atoms with Crippen molar-refractivity contribution in [2.24, 2.45) is 0 Å². The lowest BCUT2D eigenvalue weighted by atomic mass is 10.2. The second-order valence-corrected chi connectivity index (χ2v) is 8.29. The fourth-order valence-electron chi connectivity index (χ4n) is 3.21. The Kier molecular flexibility index (Phi) is 4.77. The Morgan fingerprint density at radius 3 is 2.64 bits per heavy atom. The maximum absolute atomic E-state index is 12.6. The summed E-state index contributed by atoms with van der Waals surface area (Å²) in [5.74, 6) is 0.0641. The number of nitrogens with one attached hydrogen (secondary N) is 1. The highest BCUT2D eigenvalue weighted by molar-refractivity contribution is 8.01. The van der Waals surface area contributed by atoms with Gasteiger partial charge in [-0.25, -0.2) is 4.79 Å². The number of rotatable bonds is 4. The molecule has 0 aliphatic carbocycles. The van der Waals surface area contributed by atoms with Crippen LogP contribution in [0.1, 0.15) is 44.0 Å². The number of hydrogen-bond acceptors (Lipinski definition) is 5. The van der Waals surface area contributed by atoms with Crippen molar-refractivity contribution >= 4 is 35.2 Å². The number of anilines is 1. The first-order valence-electron chi connectivity index (χ1n) is 8.38. The van der Waals surface area contributed by atoms with E-state index < -0.39 is 12.0 Å². The quantitative estimate of drug-likeness (QED) is 0.834. The van der Waals surface area contributed by atoms with Gasteiger partial charge in [0.1, 0.15) is 6.04 Å². The fourth-order valence-corrected chi connectivity index (χ4v) is 4.64. The van der Waals surface area contributed by atoms with E-state index in [0.717, 1.165) is 6.42 Å². The van der Waals surface area contributed by atoms with Gasteiger partial charge < -0.3 is 15.0 Å². The molecule has 0 aromatic heterocycles. The summed E-state index contributed by atoms with van der Waals surface area (Å²) >= 11 is 1.66. The topological polar surface area (TPSA) is 75.7 Å². The van der Waals surface area contributed by atoms with Gasteiger partial charge in [0, 0.05) is 17.9 Å². The van der Waals surface area contributed by atoms with E-state index in [-0.39, 0.29) is 22.8 Å². The lowest BCUT2D eigenvalue weighted by Crippen LogP contribution is -2.48. The van der Waals surface area contributed by atoms with Gasteiger partial charge in [0.2, 0.25) is 11.8 Å². The van der Waals surface area contributed by atoms with Crippen LogP contribution in [0.15, 0.2) is 24.3 Å². The molecule has 2 aliphatic heterocycles. The van der Waals surface area contributed by atoms with Gasteiger partial charge in [-0.05, 0) is 51.5 Å². The standard InChI is InChI=1S/C18H22N2O4S/c1-11(2)24-17(23)12-4-6-13(7-5-12)19-16(22)14-10-25-18(3)9-8-15(21)20(14)18/h4-7,11,14H,8-10H2,1-3H3,(H,19,22)/t14-,18+/m1/s1. The summed E-state index contributed by atoms with van der Waals surface area (Å²) < 4.78 is 5.14. The number of nitrogens with zero attached hydrogens (tertiary/aromatic N) is 1. The SMILES string of the molecule is CC(C)OC(=O)c1ccc(NC(=O)[C@H]2CS[C@@]3(C)CCC(=O)N23)cc1. The van der Waals surface area contributed by atoms with Gasteiger partial charge >= 0.3 is 5.97 Å². The molecule has 3 rings (SSSR count). The lowest BCUT2D eigenvalue weighted by molar-refractivity contribution is -0.135. The van der Waals surface area contributed by atoms with Crippen LogP contribution in [0.2, 0.25) is 0 Å². The smallest absolute Gasteiger partial charge is 0.338 e. The fraction of sp³-hybridized carbons (Fsp3) is 0.500. The Balaban J connectivity index is 1.66. The van der Waals surface area contributed by atoms with Crippen LogP contribution in [-0.4, -0.2) is 45.5 Å². The predicted octanol–water partition coefficient (Wildman–Crippen LogP) is 2.64. The predicted molar refractivity (Wildman–Crippen MR) is 96.4 cm³/mol. The number of fused-ring (bicyclic) bond motifs is 1. The third-order valence-corrected chi connectivity index (χ3v) is 5.98. The zero-order valence-corrected chi connectivity index (χ0v) is 15.4. The summed E-state index contributed by atoms with van der Waals surface area (Å²) in [5, 5.41) is 2.84. The molecule has 2 amide bonds. The highest BCUT2D eigenvalue weighted by Crippen LogP contribution is 2.47. The van der Waals surface area contributed by atoms with E-state index in [2.05, 4.69) is 5.32 Å². The Hall–Kier alpha value is -2.02. The molecular formula is C18H22N2O4S. The number of carbonyl (C=O) groups is 3. The van der Waals surface area contributed by atoms with Crippen molar-refractivity contribution in [2.75, 3.05) is 11.1 Å². The number of amides is 2. The van der Waals surface area contributed by atoms with Crippen LogP contribution in [-0.2, 0) is 14.3 Å². The zero-order chi connectivity index (χ0) is 18.2. The highest BCUT2D eigenvalue weighted by Gasteiger charge is 2.52. The number of benzene rings is 1. The molecule has 0 saturated carbocycles. The first kappa shape index (κ1) is 17.8. The molecule has 2 aliphatic rings. The maximum Gasteiger partial charge on any atom is 0.338 e. The van der Waals surface area contributed by atoms with Gasteiger partial charge in [-0.15, -0.1) is 11.8 Å². The van der Waals surface area contributed by atoms with Crippen molar-refractivity contribution in [1.82, 2.24) is 4.90 Å². The van der Waals surface area contributed by atoms with Crippen molar-refractivity contribution in [3.05, 3.63) is 29.8 Å². The summed E-state index contributed by atoms with van der Waals surface area (Å²) in [6, 6.07) is 6.13. The van der Waals surface area contributed by atoms with E-state index in [9.17, 15) is 14.4 Å². The Morgan fingerprint density at radius 1 is 1.32 bits per heavy atom. The molecule has 25 heavy (non-hydrogen) atoms. The van der Waals surface area contributed by atoms with E-state index in [1.807, 2.05) is 6.92 Å². The minimum Gasteiger partial charge on any atom is -0.459 e. The monoisotopic (exact) mass is 362 g/mol. The second kappa shape index (κ2) is 6.71. The molecular weight excluding hydrogens is 340 g/mol. The van der Waals surface area contributed by atoms with Crippen LogP contribution in [0.25, 0.3) is 0 Å². The first-order valence-corrected chi connectivity index (χ1v) is 9.37. The second-order valence-electron chi connectivity index (χ2n) is 6.79. The molecule has 134 valence electrons. The third-order valence-electron chi connectivity index (χ3n) is 4.48. The van der Waals surface area contributed by atoms with Crippen LogP contribution >= 0.6 is 11.8 Å². The maximum atomic E-state index is 12.6. The Bertz CT molecular complexity index is 704. The summed E-state index contributed by atoms with van der Waals surface area (Å²) in [4.78, 5) is 38.0. The summed E-state index contributed by atoms with van der Waals surface area (Å²) in [7, 11) is 0. The molecule has 2 heterocycles. The molecule has 1 N–H and O–H groups in total. The number of esters is 1. The highest BCUT2D eigenvalue weighted by atomic mass is 32.2. The minimum atomic E-state index is -0.449. The number of ether oxygens (including phenoxy) is 1. The molecule has 0 spiro atoms. The lowest BCUT2D eigenvalue weighted by Gasteiger charge is -2.29. The van der Waals surface area contributed by atoms with E-state index in [1.165, 1.54) is 0 Å². The molecule has 1 aromatic carbocycles. The average Bonchev–Trinajstić information content (AvgIpc) is 3.04. The van der Waals surface area contributed by atoms with Crippen molar-refractivity contribution in [3.8, 4) is 0 Å². The van der Waals surface area contributed by atoms with Crippen molar-refractivity contribution < 1.29 is 19.1 Å². The van der Waals surface area contributed by atoms with Gasteiger partial charge in [0.05, 0.1) is 16.5 Å². The number of thioether (sulfide) groups is 1. The van der Waals surface area contributed by atoms with E-state index in [1.54, 1.807) is 54.8 Å². The normalized spacial score (nSPS) is 25.2. The van der Waals surface area contributed by atoms with Crippen molar-refractivity contribution in [1.29, 1.82) is 0 Å². The molecule has 7 heteroatoms. The molecule has 2 fully saturated rings. The van der Waals surface area contributed by atoms with E-state index in [0.29, 0.717) is 23.4 Å². The molecule has 2 saturated heterocycles. The van der Waals surface area contributed by atoms with Crippen LogP contribution in [0.4, 0.5) is 5.69 Å². The molecule has 1 aromatic rings. The molecule has 0 bridgehead atoms. The van der Waals surface area contributed by atoms with E-state index in [4.69, 9.17) is 4.74 Å². The van der Waals surface area contributed by atoms with Gasteiger partial charge in [-0.2, -0.15) is 0 Å². The third kappa shape index (κ3) is 3.51. The van der Waals surface area contributed by atoms with Gasteiger partial charge in [-0.1, -0.05) is 0 Å². The Morgan fingerprint density at radius 2 is 2.00 bits per heavy atom. The number of hydrogen-bond donors (Lipinski definition) is 1. The zero-order valence-electron chi connectivity index (χ0n) is 14.6. The van der Waals surface area contributed by atoms with Crippen LogP contribution < -0.4 is 5.32 Å². The molecule has 0 unspecified atom stereocenters. The van der Waals surface area contributed by atoms with E-state index >= 15 is 0 Å². The van der Waals surface area contributed by atoms with Crippen molar-refractivity contribution in [2.45, 2.75) is 50.6 Å². The molecule has 2 atom stereocenters. The Labute approximate surface area is 151 Å². The summed E-state index contributed by atoms with van der Waals surface area (Å²) in [6.45, 7) is 5.60. The van der Waals surface area contributed by atoms with Crippen molar-refractivity contribution in [3.63, 3.8) is 0 Å². The van der Waals surface area contributed by atoms with Crippen LogP contribution in [0, 0.1) is 0 Å².